The van der Waals surface area contributed by atoms with Crippen LogP contribution >= 0.6 is 0 Å². The molecule has 2 fully saturated rings. The summed E-state index contributed by atoms with van der Waals surface area (Å²) in [4.78, 5) is 0. The summed E-state index contributed by atoms with van der Waals surface area (Å²) in [6, 6.07) is 28.4. The molecule has 5 rings (SSSR count). The van der Waals surface area contributed by atoms with Gasteiger partial charge in [-0.3, -0.25) is 0 Å². The van der Waals surface area contributed by atoms with Gasteiger partial charge >= 0.3 is 0 Å². The Morgan fingerprint density at radius 3 is 1.61 bits per heavy atom. The topological polar surface area (TPSA) is 157 Å². The molecule has 0 bridgehead atoms. The molecule has 238 valence electrons. The van der Waals surface area contributed by atoms with Crippen molar-refractivity contribution in [3.8, 4) is 0 Å². The maximum Gasteiger partial charge on any atom is 0.187 e. The summed E-state index contributed by atoms with van der Waals surface area (Å²) < 4.78 is 36.5. The lowest BCUT2D eigenvalue weighted by atomic mass is 9.96. The minimum absolute atomic E-state index is 0.0371. The molecule has 0 saturated carbocycles. The Labute approximate surface area is 256 Å². The first-order valence-corrected chi connectivity index (χ1v) is 14.7. The highest BCUT2D eigenvalue weighted by Gasteiger charge is 2.52. The van der Waals surface area contributed by atoms with Crippen LogP contribution in [0.15, 0.2) is 91.0 Å². The van der Waals surface area contributed by atoms with E-state index in [1.807, 2.05) is 91.0 Å². The lowest BCUT2D eigenvalue weighted by molar-refractivity contribution is -0.364. The van der Waals surface area contributed by atoms with Gasteiger partial charge in [0.25, 0.3) is 0 Å². The number of hydrogen-bond donors (Lipinski definition) is 5. The molecule has 5 N–H and O–H groups in total. The third-order valence-electron chi connectivity index (χ3n) is 7.71. The zero-order valence-electron chi connectivity index (χ0n) is 24.2. The van der Waals surface area contributed by atoms with Crippen LogP contribution in [0.4, 0.5) is 0 Å². The zero-order chi connectivity index (χ0) is 30.9. The highest BCUT2D eigenvalue weighted by Crippen LogP contribution is 2.32. The molecular formula is C33H40O11. The Morgan fingerprint density at radius 1 is 0.545 bits per heavy atom. The molecule has 44 heavy (non-hydrogen) atoms. The van der Waals surface area contributed by atoms with Crippen molar-refractivity contribution in [2.45, 2.75) is 81.2 Å². The Morgan fingerprint density at radius 2 is 1.07 bits per heavy atom. The minimum atomic E-state index is -1.66. The lowest BCUT2D eigenvalue weighted by Crippen LogP contribution is -2.65. The van der Waals surface area contributed by atoms with Crippen molar-refractivity contribution in [1.29, 1.82) is 0 Å². The van der Waals surface area contributed by atoms with Gasteiger partial charge < -0.3 is 54.0 Å². The van der Waals surface area contributed by atoms with Crippen LogP contribution in [-0.4, -0.2) is 100 Å². The summed E-state index contributed by atoms with van der Waals surface area (Å²) in [7, 11) is 0. The van der Waals surface area contributed by atoms with Crippen molar-refractivity contribution in [3.05, 3.63) is 108 Å². The molecular weight excluding hydrogens is 572 g/mol. The minimum Gasteiger partial charge on any atom is -0.394 e. The van der Waals surface area contributed by atoms with Gasteiger partial charge in [-0.15, -0.1) is 0 Å². The largest absolute Gasteiger partial charge is 0.394 e. The highest BCUT2D eigenvalue weighted by atomic mass is 16.7. The van der Waals surface area contributed by atoms with E-state index in [2.05, 4.69) is 0 Å². The fraction of sp³-hybridized carbons (Fsp3) is 0.455. The van der Waals surface area contributed by atoms with E-state index in [1.165, 1.54) is 0 Å². The van der Waals surface area contributed by atoms with E-state index >= 15 is 0 Å². The Balaban J connectivity index is 1.41. The molecule has 0 amide bonds. The summed E-state index contributed by atoms with van der Waals surface area (Å²) in [5.74, 6) is 0. The molecule has 3 aromatic carbocycles. The third kappa shape index (κ3) is 8.27. The van der Waals surface area contributed by atoms with Crippen LogP contribution in [0, 0.1) is 0 Å². The van der Waals surface area contributed by atoms with Crippen LogP contribution in [0.5, 0.6) is 0 Å². The van der Waals surface area contributed by atoms with E-state index in [0.717, 1.165) is 16.7 Å². The van der Waals surface area contributed by atoms with Crippen LogP contribution in [0.3, 0.4) is 0 Å². The van der Waals surface area contributed by atoms with Gasteiger partial charge in [-0.05, 0) is 16.7 Å². The second-order valence-electron chi connectivity index (χ2n) is 10.9. The van der Waals surface area contributed by atoms with Gasteiger partial charge in [0.15, 0.2) is 12.6 Å². The van der Waals surface area contributed by atoms with E-state index in [4.69, 9.17) is 28.4 Å². The second kappa shape index (κ2) is 16.0. The summed E-state index contributed by atoms with van der Waals surface area (Å²) in [5.41, 5.74) is 2.65. The summed E-state index contributed by atoms with van der Waals surface area (Å²) in [6.07, 6.45) is -13.0. The molecule has 0 spiro atoms. The van der Waals surface area contributed by atoms with E-state index < -0.39 is 68.0 Å². The quantitative estimate of drug-likeness (QED) is 0.190. The van der Waals surface area contributed by atoms with Crippen molar-refractivity contribution in [1.82, 2.24) is 0 Å². The maximum absolute atomic E-state index is 11.2. The van der Waals surface area contributed by atoms with Gasteiger partial charge in [-0.2, -0.15) is 0 Å². The van der Waals surface area contributed by atoms with Gasteiger partial charge in [0.2, 0.25) is 0 Å². The van der Waals surface area contributed by atoms with Crippen LogP contribution < -0.4 is 0 Å². The van der Waals surface area contributed by atoms with Gasteiger partial charge in [-0.25, -0.2) is 0 Å². The van der Waals surface area contributed by atoms with Crippen molar-refractivity contribution in [2.24, 2.45) is 0 Å². The van der Waals surface area contributed by atoms with Crippen LogP contribution in [-0.2, 0) is 48.2 Å². The first-order chi connectivity index (χ1) is 21.4. The van der Waals surface area contributed by atoms with Gasteiger partial charge in [0, 0.05) is 0 Å². The van der Waals surface area contributed by atoms with E-state index in [0.29, 0.717) is 0 Å². The number of benzene rings is 3. The third-order valence-corrected chi connectivity index (χ3v) is 7.71. The van der Waals surface area contributed by atoms with Crippen LogP contribution in [0.1, 0.15) is 16.7 Å². The SMILES string of the molecule is OC[C@H]1O[C@@H](O[C@H]2[C@H](OCc3ccccc3)[C@@H](OCc3ccccc3)[C@@H](O)O[C@@H]2COCc2ccccc2)[C@H](O)[C@@H](O)[C@@H]1O. The Hall–Kier alpha value is -2.78. The molecule has 0 radical (unpaired) electrons. The average Bonchev–Trinajstić information content (AvgIpc) is 3.06. The summed E-state index contributed by atoms with van der Waals surface area (Å²) in [5, 5.41) is 52.5. The smallest absolute Gasteiger partial charge is 0.187 e. The highest BCUT2D eigenvalue weighted by molar-refractivity contribution is 5.15. The molecule has 10 atom stereocenters. The van der Waals surface area contributed by atoms with Crippen LogP contribution in [0.25, 0.3) is 0 Å². The van der Waals surface area contributed by atoms with Crippen molar-refractivity contribution >= 4 is 0 Å². The van der Waals surface area contributed by atoms with Gasteiger partial charge in [-0.1, -0.05) is 91.0 Å². The average molecular weight is 613 g/mol. The Bertz CT molecular complexity index is 1230. The van der Waals surface area contributed by atoms with Crippen molar-refractivity contribution in [2.75, 3.05) is 13.2 Å². The Kier molecular flexibility index (Phi) is 11.8. The number of aliphatic hydroxyl groups is 5. The molecule has 2 heterocycles. The molecule has 2 saturated heterocycles. The monoisotopic (exact) mass is 612 g/mol. The number of aliphatic hydroxyl groups excluding tert-OH is 5. The lowest BCUT2D eigenvalue weighted by Gasteiger charge is -2.47. The predicted molar refractivity (Wildman–Crippen MR) is 156 cm³/mol. The fourth-order valence-corrected chi connectivity index (χ4v) is 5.30. The van der Waals surface area contributed by atoms with E-state index in [1.54, 1.807) is 0 Å². The van der Waals surface area contributed by atoms with E-state index in [9.17, 15) is 25.5 Å². The predicted octanol–water partition coefficient (Wildman–Crippen LogP) is 1.28. The molecule has 0 unspecified atom stereocenters. The second-order valence-corrected chi connectivity index (χ2v) is 10.9. The first-order valence-electron chi connectivity index (χ1n) is 14.7. The standard InChI is InChI=1S/C33H40O11/c34-16-24-26(35)27(36)28(37)33(43-24)44-29-25(20-39-17-21-10-4-1-5-11-21)42-32(38)31(41-19-23-14-8-3-9-15-23)30(29)40-18-22-12-6-2-7-13-22/h1-15,24-38H,16-20H2/t24-,25-,26-,27+,28-,29-,30+,31-,32+,33+/m1/s1. The van der Waals surface area contributed by atoms with Crippen molar-refractivity contribution in [3.63, 3.8) is 0 Å². The zero-order valence-corrected chi connectivity index (χ0v) is 24.2. The molecule has 11 nitrogen and oxygen atoms in total. The fourth-order valence-electron chi connectivity index (χ4n) is 5.30. The molecule has 0 aromatic heterocycles. The maximum atomic E-state index is 11.2. The summed E-state index contributed by atoms with van der Waals surface area (Å²) in [6.45, 7) is -0.128. The van der Waals surface area contributed by atoms with E-state index in [-0.39, 0.29) is 26.4 Å². The number of rotatable bonds is 13. The summed E-state index contributed by atoms with van der Waals surface area (Å²) >= 11 is 0. The van der Waals surface area contributed by atoms with Crippen LogP contribution in [0.2, 0.25) is 0 Å². The van der Waals surface area contributed by atoms with Gasteiger partial charge in [0.05, 0.1) is 33.0 Å². The normalized spacial score (nSPS) is 32.4. The first kappa shape index (κ1) is 32.6. The van der Waals surface area contributed by atoms with Crippen molar-refractivity contribution < 1.29 is 54.0 Å². The number of hydrogen-bond acceptors (Lipinski definition) is 11. The molecule has 2 aliphatic rings. The molecule has 0 aliphatic carbocycles. The molecule has 11 heteroatoms. The number of ether oxygens (including phenoxy) is 6. The molecule has 2 aliphatic heterocycles. The van der Waals surface area contributed by atoms with Gasteiger partial charge in [0.1, 0.15) is 48.8 Å². The molecule has 3 aromatic rings.